The van der Waals surface area contributed by atoms with E-state index in [-0.39, 0.29) is 96.9 Å². The molecule has 82 heavy (non-hydrogen) atoms. The average molecular weight is 1170 g/mol. The molecule has 5 aromatic carbocycles. The smallest absolute Gasteiger partial charge is 0.480 e. The highest BCUT2D eigenvalue weighted by molar-refractivity contribution is 6.44. The van der Waals surface area contributed by atoms with Gasteiger partial charge in [0.15, 0.2) is 17.3 Å². The fraction of sp³-hybridized carbons (Fsp3) is 0.390. The van der Waals surface area contributed by atoms with E-state index in [9.17, 15) is 39.4 Å². The molecular formula is C59H66BCl2N5O15. The monoisotopic (exact) mass is 1170 g/mol. The van der Waals surface area contributed by atoms with E-state index in [1.807, 2.05) is 20.8 Å². The first-order chi connectivity index (χ1) is 39.0. The van der Waals surface area contributed by atoms with E-state index >= 15 is 9.59 Å². The van der Waals surface area contributed by atoms with Gasteiger partial charge in [0.05, 0.1) is 55.2 Å². The summed E-state index contributed by atoms with van der Waals surface area (Å²) in [5.74, 6) is -9.23. The van der Waals surface area contributed by atoms with Crippen LogP contribution in [0.2, 0.25) is 10.0 Å². The molecule has 5 heterocycles. The maximum absolute atomic E-state index is 15.3. The highest BCUT2D eigenvalue weighted by Gasteiger charge is 2.41. The molecule has 0 unspecified atom stereocenters. The van der Waals surface area contributed by atoms with E-state index in [1.54, 1.807) is 37.3 Å². The number of carbonyl (C=O) groups is 6. The van der Waals surface area contributed by atoms with Gasteiger partial charge < -0.3 is 70.9 Å². The fourth-order valence-electron chi connectivity index (χ4n) is 10.9. The number of nitrogens with two attached hydrogens (primary N) is 1. The van der Waals surface area contributed by atoms with Gasteiger partial charge in [0.25, 0.3) is 0 Å². The Morgan fingerprint density at radius 2 is 1.37 bits per heavy atom. The number of carbonyl (C=O) groups excluding carboxylic acids is 6. The van der Waals surface area contributed by atoms with Crippen LogP contribution in [0.4, 0.5) is 0 Å². The van der Waals surface area contributed by atoms with Crippen molar-refractivity contribution in [3.05, 3.63) is 122 Å². The van der Waals surface area contributed by atoms with Crippen LogP contribution in [0.25, 0.3) is 11.1 Å². The number of fused-ring (bicyclic) bond motifs is 15. The SMILES string of the molecule is CC[C@@H](CC(C)C)C(=O)N[C@H]1C(=O)C[C@@H](CC(N)=O)C(=O)N[C@H]2CC[C@H]3C(=O)N[C@H](C(=O)N[C@@H](B(O)O)c4cc(C)cc(OC)c4-c4cc3ccc4OC)[C@H](O)c3ccc(c(Cl)c3)Oc3cc2cc(c3OC)Oc2ccc(cc2Cl)[C@H]1O. The van der Waals surface area contributed by atoms with Crippen molar-refractivity contribution >= 4 is 65.6 Å². The number of primary amides is 1. The lowest BCUT2D eigenvalue weighted by atomic mass is 9.72. The minimum absolute atomic E-state index is 0.00621. The van der Waals surface area contributed by atoms with Crippen LogP contribution >= 0.6 is 23.2 Å². The molecule has 0 saturated heterocycles. The van der Waals surface area contributed by atoms with Crippen LogP contribution in [0.1, 0.15) is 123 Å². The Hall–Kier alpha value is -7.40. The van der Waals surface area contributed by atoms with E-state index in [4.69, 9.17) is 52.6 Å². The summed E-state index contributed by atoms with van der Waals surface area (Å²) in [4.78, 5) is 86.9. The second kappa shape index (κ2) is 25.8. The molecule has 5 amide bonds. The van der Waals surface area contributed by atoms with Crippen LogP contribution in [-0.2, 0) is 28.8 Å². The number of rotatable bonds is 11. The van der Waals surface area contributed by atoms with E-state index in [0.717, 1.165) is 0 Å². The quantitative estimate of drug-likeness (QED) is 0.0598. The van der Waals surface area contributed by atoms with Crippen molar-refractivity contribution in [2.24, 2.45) is 23.5 Å². The first-order valence-electron chi connectivity index (χ1n) is 26.8. The Kier molecular flexibility index (Phi) is 19.1. The van der Waals surface area contributed by atoms with Crippen LogP contribution < -0.4 is 50.7 Å². The number of amides is 5. The van der Waals surface area contributed by atoms with Crippen LogP contribution in [-0.4, -0.2) is 96.1 Å². The summed E-state index contributed by atoms with van der Waals surface area (Å²) in [5, 5.41) is 57.4. The molecule has 434 valence electrons. The number of aryl methyl sites for hydroxylation is 1. The number of benzene rings is 5. The van der Waals surface area contributed by atoms with Gasteiger partial charge in [0.2, 0.25) is 35.3 Å². The summed E-state index contributed by atoms with van der Waals surface area (Å²) in [6, 6.07) is 15.0. The molecule has 5 aliphatic rings. The van der Waals surface area contributed by atoms with Gasteiger partial charge in [-0.25, -0.2) is 0 Å². The van der Waals surface area contributed by atoms with Gasteiger partial charge in [-0.2, -0.15) is 0 Å². The molecule has 9 atom stereocenters. The number of aliphatic hydroxyl groups excluding tert-OH is 2. The standard InChI is InChI=1S/C59H66BCl2N5O15/c1-8-29(17-27(2)3)56(72)65-50-41(68)23-34(26-48(63)69)57(73)64-40-13-12-35-30-9-14-42(78-5)36(20-30)49-37(18-28(4)19-45(49)79-6)55(60(76)77)67-59(75)51(66-58(35)74)53(71)32-11-16-44(39(62)22-32)82-47-25-33(40)24-46(54(47)80-7)81-43-15-10-31(52(50)70)21-38(43)61/h9-11,14-16,18-22,24-25,27,29,34-35,40,50-53,55,70-71,76-77H,8,12-13,17,23,26H2,1-7H3,(H2,63,69)(H,64,73)(H,65,72)(H,66,74)(H,67,75)/t29-,34-,35+,40-,50-,51-,52+,53+,55+/m0/s1. The maximum Gasteiger partial charge on any atom is 0.480 e. The molecule has 5 aromatic rings. The number of nitrogens with one attached hydrogen (secondary N) is 4. The normalized spacial score (nSPS) is 22.3. The third-order valence-electron chi connectivity index (χ3n) is 15.1. The number of methoxy groups -OCH3 is 3. The van der Waals surface area contributed by atoms with Gasteiger partial charge in [-0.3, -0.25) is 28.8 Å². The highest BCUT2D eigenvalue weighted by atomic mass is 35.5. The summed E-state index contributed by atoms with van der Waals surface area (Å²) < 4.78 is 30.8. The molecule has 0 radical (unpaired) electrons. The predicted octanol–water partition coefficient (Wildman–Crippen LogP) is 7.07. The van der Waals surface area contributed by atoms with Crippen molar-refractivity contribution < 1.29 is 72.7 Å². The third-order valence-corrected chi connectivity index (χ3v) is 15.7. The Morgan fingerprint density at radius 1 is 0.744 bits per heavy atom. The lowest BCUT2D eigenvalue weighted by Gasteiger charge is -2.32. The summed E-state index contributed by atoms with van der Waals surface area (Å²) in [7, 11) is 1.94. The predicted molar refractivity (Wildman–Crippen MR) is 304 cm³/mol. The van der Waals surface area contributed by atoms with Crippen LogP contribution in [0, 0.1) is 24.7 Å². The lowest BCUT2D eigenvalue weighted by Crippen LogP contribution is -2.54. The number of ketones is 1. The molecule has 10 N–H and O–H groups in total. The number of ether oxygens (including phenoxy) is 5. The zero-order valence-electron chi connectivity index (χ0n) is 46.2. The van der Waals surface area contributed by atoms with Crippen LogP contribution in [0.15, 0.2) is 78.9 Å². The molecule has 23 heteroatoms. The molecule has 0 saturated carbocycles. The van der Waals surface area contributed by atoms with Crippen LogP contribution in [0.3, 0.4) is 0 Å². The average Bonchev–Trinajstić information content (AvgIpc) is 3.56. The molecule has 0 fully saturated rings. The zero-order chi connectivity index (χ0) is 59.4. The topological polar surface area (TPSA) is 304 Å². The van der Waals surface area contributed by atoms with Gasteiger partial charge in [-0.1, -0.05) is 68.2 Å². The Balaban J connectivity index is 1.36. The summed E-state index contributed by atoms with van der Waals surface area (Å²) in [5.41, 5.74) is 7.92. The van der Waals surface area contributed by atoms with E-state index < -0.39 is 109 Å². The highest BCUT2D eigenvalue weighted by Crippen LogP contribution is 2.49. The number of halogens is 2. The Labute approximate surface area is 484 Å². The van der Waals surface area contributed by atoms with Crippen molar-refractivity contribution in [2.45, 2.75) is 108 Å². The number of hydrogen-bond acceptors (Lipinski definition) is 15. The number of aliphatic hydroxyl groups is 2. The summed E-state index contributed by atoms with van der Waals surface area (Å²) >= 11 is 13.9. The second-order valence-corrected chi connectivity index (χ2v) is 22.1. The fourth-order valence-corrected chi connectivity index (χ4v) is 11.4. The van der Waals surface area contributed by atoms with Crippen molar-refractivity contribution in [1.82, 2.24) is 21.3 Å². The molecule has 20 nitrogen and oxygen atoms in total. The number of Topliss-reactive ketones (excluding diaryl/α,β-unsaturated/α-hetero) is 1. The van der Waals surface area contributed by atoms with Gasteiger partial charge in [-0.05, 0) is 127 Å². The molecule has 0 aliphatic carbocycles. The Bertz CT molecular complexity index is 3290. The van der Waals surface area contributed by atoms with Gasteiger partial charge in [0, 0.05) is 29.9 Å². The van der Waals surface area contributed by atoms with Gasteiger partial charge in [0.1, 0.15) is 47.3 Å². The third kappa shape index (κ3) is 13.1. The molecule has 5 aliphatic heterocycles. The molecule has 10 rings (SSSR count). The lowest BCUT2D eigenvalue weighted by molar-refractivity contribution is -0.136. The maximum atomic E-state index is 15.3. The Morgan fingerprint density at radius 3 is 1.93 bits per heavy atom. The molecular weight excluding hydrogens is 1100 g/mol. The molecule has 11 bridgehead atoms. The first-order valence-corrected chi connectivity index (χ1v) is 27.6. The van der Waals surface area contributed by atoms with Gasteiger partial charge >= 0.3 is 7.12 Å². The molecule has 0 aromatic heterocycles. The van der Waals surface area contributed by atoms with E-state index in [1.165, 1.54) is 69.9 Å². The van der Waals surface area contributed by atoms with Crippen molar-refractivity contribution in [2.75, 3.05) is 21.3 Å². The second-order valence-electron chi connectivity index (χ2n) is 21.3. The van der Waals surface area contributed by atoms with Gasteiger partial charge in [-0.15, -0.1) is 0 Å². The summed E-state index contributed by atoms with van der Waals surface area (Å²) in [6.45, 7) is 7.47. The van der Waals surface area contributed by atoms with E-state index in [2.05, 4.69) is 21.3 Å². The van der Waals surface area contributed by atoms with Crippen molar-refractivity contribution in [3.8, 4) is 51.4 Å². The minimum atomic E-state index is -2.24. The van der Waals surface area contributed by atoms with Crippen molar-refractivity contribution in [3.63, 3.8) is 0 Å². The molecule has 0 spiro atoms. The number of hydrogen-bond donors (Lipinski definition) is 9. The zero-order valence-corrected chi connectivity index (χ0v) is 47.7. The van der Waals surface area contributed by atoms with E-state index in [0.29, 0.717) is 29.5 Å². The summed E-state index contributed by atoms with van der Waals surface area (Å²) in [6.07, 6.45) is -4.34. The largest absolute Gasteiger partial charge is 0.496 e. The van der Waals surface area contributed by atoms with Crippen LogP contribution in [0.5, 0.6) is 40.2 Å². The first kappa shape index (κ1) is 60.7. The minimum Gasteiger partial charge on any atom is -0.496 e. The van der Waals surface area contributed by atoms with Crippen molar-refractivity contribution in [1.29, 1.82) is 0 Å².